The van der Waals surface area contributed by atoms with Crippen molar-refractivity contribution in [3.63, 3.8) is 0 Å². The second-order valence-electron chi connectivity index (χ2n) is 3.12. The summed E-state index contributed by atoms with van der Waals surface area (Å²) in [7, 11) is 0. The van der Waals surface area contributed by atoms with Crippen LogP contribution >= 0.6 is 27.5 Å². The van der Waals surface area contributed by atoms with Crippen molar-refractivity contribution in [2.75, 3.05) is 0 Å². The second-order valence-corrected chi connectivity index (χ2v) is 4.61. The Morgan fingerprint density at radius 1 is 1.64 bits per heavy atom. The molecule has 0 bridgehead atoms. The highest BCUT2D eigenvalue weighted by atomic mass is 79.9. The van der Waals surface area contributed by atoms with Crippen LogP contribution in [0.4, 0.5) is 0 Å². The van der Waals surface area contributed by atoms with Gasteiger partial charge in [-0.3, -0.25) is 4.79 Å². The molecule has 1 atom stereocenters. The zero-order valence-electron chi connectivity index (χ0n) is 7.76. The van der Waals surface area contributed by atoms with E-state index >= 15 is 0 Å². The highest BCUT2D eigenvalue weighted by Crippen LogP contribution is 2.22. The third-order valence-corrected chi connectivity index (χ3v) is 3.30. The first-order valence-electron chi connectivity index (χ1n) is 4.19. The molecule has 4 heteroatoms. The second kappa shape index (κ2) is 4.80. The van der Waals surface area contributed by atoms with E-state index in [0.29, 0.717) is 11.4 Å². The lowest BCUT2D eigenvalue weighted by molar-refractivity contribution is -0.117. The first-order chi connectivity index (χ1) is 6.52. The molecule has 2 nitrogen and oxygen atoms in total. The Labute approximate surface area is 96.6 Å². The maximum Gasteiger partial charge on any atom is 0.231 e. The number of carbonyl (C=O) groups is 1. The van der Waals surface area contributed by atoms with Crippen LogP contribution in [0.1, 0.15) is 11.1 Å². The number of halogens is 2. The van der Waals surface area contributed by atoms with Crippen LogP contribution in [-0.4, -0.2) is 10.7 Å². The van der Waals surface area contributed by atoms with Gasteiger partial charge in [-0.15, -0.1) is 0 Å². The molecule has 1 aromatic rings. The van der Waals surface area contributed by atoms with Crippen LogP contribution in [0.15, 0.2) is 18.2 Å². The highest BCUT2D eigenvalue weighted by molar-refractivity contribution is 9.10. The molecule has 0 aliphatic carbocycles. The van der Waals surface area contributed by atoms with E-state index in [9.17, 15) is 4.79 Å². The smallest absolute Gasteiger partial charge is 0.231 e. The third-order valence-electron chi connectivity index (χ3n) is 1.98. The molecule has 0 fully saturated rings. The quantitative estimate of drug-likeness (QED) is 0.847. The molecule has 76 valence electrons. The summed E-state index contributed by atoms with van der Waals surface area (Å²) >= 11 is 9.27. The van der Waals surface area contributed by atoms with E-state index in [2.05, 4.69) is 15.9 Å². The number of aryl methyl sites for hydroxylation is 1. The molecule has 1 rings (SSSR count). The fourth-order valence-electron chi connectivity index (χ4n) is 1.16. The summed E-state index contributed by atoms with van der Waals surface area (Å²) < 4.78 is 0. The number of hydrogen-bond acceptors (Lipinski definition) is 1. The van der Waals surface area contributed by atoms with Gasteiger partial charge in [0.15, 0.2) is 0 Å². The molecule has 0 saturated carbocycles. The molecule has 0 aromatic heterocycles. The van der Waals surface area contributed by atoms with Gasteiger partial charge >= 0.3 is 0 Å². The summed E-state index contributed by atoms with van der Waals surface area (Å²) in [6.45, 7) is 1.93. The van der Waals surface area contributed by atoms with E-state index in [0.717, 1.165) is 11.1 Å². The Kier molecular flexibility index (Phi) is 3.96. The summed E-state index contributed by atoms with van der Waals surface area (Å²) in [6, 6.07) is 5.74. The predicted molar refractivity (Wildman–Crippen MR) is 61.8 cm³/mol. The number of carbonyl (C=O) groups excluding carboxylic acids is 1. The molecular formula is C10H11BrClNO. The van der Waals surface area contributed by atoms with Gasteiger partial charge in [-0.1, -0.05) is 45.7 Å². The normalized spacial score (nSPS) is 12.5. The van der Waals surface area contributed by atoms with Gasteiger partial charge in [-0.25, -0.2) is 0 Å². The maximum absolute atomic E-state index is 10.8. The van der Waals surface area contributed by atoms with Crippen molar-refractivity contribution in [2.24, 2.45) is 5.73 Å². The van der Waals surface area contributed by atoms with Crippen molar-refractivity contribution in [2.45, 2.75) is 18.2 Å². The molecule has 0 spiro atoms. The lowest BCUT2D eigenvalue weighted by atomic mass is 10.1. The average molecular weight is 277 g/mol. The Hall–Kier alpha value is -0.540. The van der Waals surface area contributed by atoms with Crippen LogP contribution in [-0.2, 0) is 11.2 Å². The van der Waals surface area contributed by atoms with Gasteiger partial charge in [-0.05, 0) is 24.5 Å². The summed E-state index contributed by atoms with van der Waals surface area (Å²) in [5.41, 5.74) is 7.09. The zero-order valence-corrected chi connectivity index (χ0v) is 10.1. The number of hydrogen-bond donors (Lipinski definition) is 1. The first-order valence-corrected chi connectivity index (χ1v) is 5.49. The number of alkyl halides is 1. The van der Waals surface area contributed by atoms with E-state index in [-0.39, 0.29) is 10.7 Å². The molecule has 1 amide bonds. The van der Waals surface area contributed by atoms with Crippen molar-refractivity contribution >= 4 is 33.4 Å². The maximum atomic E-state index is 10.8. The summed E-state index contributed by atoms with van der Waals surface area (Å²) in [6.07, 6.45) is 0.524. The number of primary amides is 1. The van der Waals surface area contributed by atoms with Gasteiger partial charge in [0.05, 0.1) is 4.83 Å². The molecule has 2 N–H and O–H groups in total. The van der Waals surface area contributed by atoms with E-state index < -0.39 is 0 Å². The molecule has 0 saturated heterocycles. The fraction of sp³-hybridized carbons (Fsp3) is 0.300. The van der Waals surface area contributed by atoms with Crippen LogP contribution in [0, 0.1) is 6.92 Å². The monoisotopic (exact) mass is 275 g/mol. The molecule has 0 aliphatic rings. The predicted octanol–water partition coefficient (Wildman–Crippen LogP) is 2.44. The van der Waals surface area contributed by atoms with E-state index in [1.54, 1.807) is 0 Å². The van der Waals surface area contributed by atoms with Crippen molar-refractivity contribution in [1.29, 1.82) is 0 Å². The first kappa shape index (κ1) is 11.5. The minimum Gasteiger partial charge on any atom is -0.369 e. The lowest BCUT2D eigenvalue weighted by Gasteiger charge is -2.08. The van der Waals surface area contributed by atoms with Crippen LogP contribution in [0.5, 0.6) is 0 Å². The Morgan fingerprint density at radius 2 is 2.29 bits per heavy atom. The molecule has 1 aromatic carbocycles. The van der Waals surface area contributed by atoms with Gasteiger partial charge in [-0.2, -0.15) is 0 Å². The largest absolute Gasteiger partial charge is 0.369 e. The van der Waals surface area contributed by atoms with Gasteiger partial charge in [0, 0.05) is 5.02 Å². The van der Waals surface area contributed by atoms with Crippen LogP contribution in [0.2, 0.25) is 5.02 Å². The van der Waals surface area contributed by atoms with Gasteiger partial charge in [0.1, 0.15) is 0 Å². The molecule has 14 heavy (non-hydrogen) atoms. The fourth-order valence-corrected chi connectivity index (χ4v) is 1.71. The van der Waals surface area contributed by atoms with Gasteiger partial charge in [0.2, 0.25) is 5.91 Å². The summed E-state index contributed by atoms with van der Waals surface area (Å²) in [4.78, 5) is 10.5. The van der Waals surface area contributed by atoms with Crippen molar-refractivity contribution in [1.82, 2.24) is 0 Å². The Bertz CT molecular complexity index is 354. The minimum atomic E-state index is -0.373. The number of benzene rings is 1. The molecule has 1 unspecified atom stereocenters. The van der Waals surface area contributed by atoms with Crippen molar-refractivity contribution in [3.8, 4) is 0 Å². The molecule has 0 radical (unpaired) electrons. The Balaban J connectivity index is 2.87. The van der Waals surface area contributed by atoms with Gasteiger partial charge in [0.25, 0.3) is 0 Å². The van der Waals surface area contributed by atoms with Gasteiger partial charge < -0.3 is 5.73 Å². The Morgan fingerprint density at radius 3 is 2.86 bits per heavy atom. The molecule has 0 aliphatic heterocycles. The van der Waals surface area contributed by atoms with Crippen molar-refractivity contribution < 1.29 is 4.79 Å². The number of nitrogens with two attached hydrogens (primary N) is 1. The van der Waals surface area contributed by atoms with E-state index in [1.165, 1.54) is 0 Å². The zero-order chi connectivity index (χ0) is 10.7. The highest BCUT2D eigenvalue weighted by Gasteiger charge is 2.13. The van der Waals surface area contributed by atoms with Crippen LogP contribution in [0.3, 0.4) is 0 Å². The average Bonchev–Trinajstić information content (AvgIpc) is 2.12. The number of rotatable bonds is 3. The topological polar surface area (TPSA) is 43.1 Å². The van der Waals surface area contributed by atoms with E-state index in [1.807, 2.05) is 25.1 Å². The standard InChI is InChI=1S/C10H11BrClNO/c1-6-3-2-4-7(9(6)12)5-8(11)10(13)14/h2-4,8H,5H2,1H3,(H2,13,14). The SMILES string of the molecule is Cc1cccc(CC(Br)C(N)=O)c1Cl. The lowest BCUT2D eigenvalue weighted by Crippen LogP contribution is -2.25. The molecular weight excluding hydrogens is 265 g/mol. The van der Waals surface area contributed by atoms with E-state index in [4.69, 9.17) is 17.3 Å². The van der Waals surface area contributed by atoms with Crippen LogP contribution < -0.4 is 5.73 Å². The summed E-state index contributed by atoms with van der Waals surface area (Å²) in [5, 5.41) is 0.707. The van der Waals surface area contributed by atoms with Crippen LogP contribution in [0.25, 0.3) is 0 Å². The molecule has 0 heterocycles. The third kappa shape index (κ3) is 2.72. The minimum absolute atomic E-state index is 0.359. The summed E-state index contributed by atoms with van der Waals surface area (Å²) in [5.74, 6) is -0.373. The van der Waals surface area contributed by atoms with Crippen molar-refractivity contribution in [3.05, 3.63) is 34.3 Å². The number of amides is 1.